The molecular formula is C14H17NO3. The average Bonchev–Trinajstić information content (AvgIpc) is 2.38. The number of rotatable bonds is 5. The summed E-state index contributed by atoms with van der Waals surface area (Å²) in [5.41, 5.74) is 1.90. The number of esters is 1. The average molecular weight is 247 g/mol. The van der Waals surface area contributed by atoms with Gasteiger partial charge >= 0.3 is 5.97 Å². The first-order valence-electron chi connectivity index (χ1n) is 5.90. The monoisotopic (exact) mass is 247 g/mol. The van der Waals surface area contributed by atoms with Crippen LogP contribution in [-0.4, -0.2) is 18.5 Å². The quantitative estimate of drug-likeness (QED) is 0.641. The summed E-state index contributed by atoms with van der Waals surface area (Å²) in [6.07, 6.45) is 3.22. The molecule has 0 aliphatic rings. The Morgan fingerprint density at radius 3 is 2.39 bits per heavy atom. The predicted molar refractivity (Wildman–Crippen MR) is 70.2 cm³/mol. The standard InChI is InChI=1S/C14H17NO3/c1-3-11-5-7-12(8-6-11)15-13(16)9-10-14(17)18-4-2/h5-10H,3-4H2,1-2H3,(H,15,16)/b10-9+. The van der Waals surface area contributed by atoms with Crippen molar-refractivity contribution < 1.29 is 14.3 Å². The first-order chi connectivity index (χ1) is 8.65. The van der Waals surface area contributed by atoms with E-state index in [0.717, 1.165) is 18.6 Å². The molecule has 0 fully saturated rings. The maximum atomic E-state index is 11.5. The van der Waals surface area contributed by atoms with Gasteiger partial charge in [0.2, 0.25) is 5.91 Å². The highest BCUT2D eigenvalue weighted by Gasteiger charge is 2.00. The van der Waals surface area contributed by atoms with E-state index in [2.05, 4.69) is 17.0 Å². The van der Waals surface area contributed by atoms with E-state index in [1.165, 1.54) is 5.56 Å². The van der Waals surface area contributed by atoms with E-state index in [1.54, 1.807) is 6.92 Å². The third-order valence-corrected chi connectivity index (χ3v) is 2.29. The molecule has 0 radical (unpaired) electrons. The van der Waals surface area contributed by atoms with Gasteiger partial charge in [-0.3, -0.25) is 4.79 Å². The van der Waals surface area contributed by atoms with E-state index in [-0.39, 0.29) is 5.91 Å². The van der Waals surface area contributed by atoms with Gasteiger partial charge < -0.3 is 10.1 Å². The summed E-state index contributed by atoms with van der Waals surface area (Å²) >= 11 is 0. The Balaban J connectivity index is 2.51. The van der Waals surface area contributed by atoms with E-state index in [9.17, 15) is 9.59 Å². The fraction of sp³-hybridized carbons (Fsp3) is 0.286. The van der Waals surface area contributed by atoms with E-state index in [1.807, 2.05) is 24.3 Å². The Hall–Kier alpha value is -2.10. The number of carbonyl (C=O) groups excluding carboxylic acids is 2. The molecule has 1 aromatic carbocycles. The van der Waals surface area contributed by atoms with Gasteiger partial charge in [-0.1, -0.05) is 19.1 Å². The van der Waals surface area contributed by atoms with Gasteiger partial charge in [-0.15, -0.1) is 0 Å². The third-order valence-electron chi connectivity index (χ3n) is 2.29. The lowest BCUT2D eigenvalue weighted by Crippen LogP contribution is -2.09. The molecule has 0 aliphatic carbocycles. The van der Waals surface area contributed by atoms with E-state index in [0.29, 0.717) is 12.3 Å². The molecule has 0 aliphatic heterocycles. The molecule has 0 atom stereocenters. The molecule has 0 unspecified atom stereocenters. The molecule has 0 heterocycles. The lowest BCUT2D eigenvalue weighted by atomic mass is 10.1. The number of benzene rings is 1. The largest absolute Gasteiger partial charge is 0.463 e. The van der Waals surface area contributed by atoms with Gasteiger partial charge in [-0.05, 0) is 31.0 Å². The lowest BCUT2D eigenvalue weighted by Gasteiger charge is -2.03. The second kappa shape index (κ2) is 7.27. The number of amides is 1. The zero-order chi connectivity index (χ0) is 13.4. The van der Waals surface area contributed by atoms with Crippen LogP contribution < -0.4 is 5.32 Å². The normalized spacial score (nSPS) is 10.3. The minimum atomic E-state index is -0.519. The summed E-state index contributed by atoms with van der Waals surface area (Å²) in [4.78, 5) is 22.5. The minimum Gasteiger partial charge on any atom is -0.463 e. The molecule has 0 bridgehead atoms. The smallest absolute Gasteiger partial charge is 0.330 e. The van der Waals surface area contributed by atoms with E-state index < -0.39 is 5.97 Å². The minimum absolute atomic E-state index is 0.295. The fourth-order valence-electron chi connectivity index (χ4n) is 1.34. The molecule has 4 nitrogen and oxygen atoms in total. The van der Waals surface area contributed by atoms with Crippen LogP contribution in [-0.2, 0) is 20.7 Å². The summed E-state index contributed by atoms with van der Waals surface area (Å²) in [6, 6.07) is 7.55. The number of hydrogen-bond acceptors (Lipinski definition) is 3. The molecule has 4 heteroatoms. The summed E-state index contributed by atoms with van der Waals surface area (Å²) in [7, 11) is 0. The van der Waals surface area contributed by atoms with Gasteiger partial charge in [0.05, 0.1) is 6.61 Å². The van der Waals surface area contributed by atoms with Crippen LogP contribution in [0.1, 0.15) is 19.4 Å². The Morgan fingerprint density at radius 2 is 1.83 bits per heavy atom. The topological polar surface area (TPSA) is 55.4 Å². The van der Waals surface area contributed by atoms with E-state index >= 15 is 0 Å². The van der Waals surface area contributed by atoms with Crippen LogP contribution >= 0.6 is 0 Å². The van der Waals surface area contributed by atoms with Crippen molar-refractivity contribution in [2.24, 2.45) is 0 Å². The maximum absolute atomic E-state index is 11.5. The highest BCUT2D eigenvalue weighted by Crippen LogP contribution is 2.09. The van der Waals surface area contributed by atoms with Crippen LogP contribution in [0.4, 0.5) is 5.69 Å². The number of carbonyl (C=O) groups is 2. The van der Waals surface area contributed by atoms with Gasteiger partial charge in [0, 0.05) is 17.8 Å². The zero-order valence-corrected chi connectivity index (χ0v) is 10.6. The van der Waals surface area contributed by atoms with Crippen LogP contribution in [0, 0.1) is 0 Å². The summed E-state index contributed by atoms with van der Waals surface area (Å²) in [5, 5.41) is 2.66. The molecule has 0 saturated carbocycles. The molecule has 0 spiro atoms. The molecule has 1 amide bonds. The van der Waals surface area contributed by atoms with Crippen LogP contribution in [0.15, 0.2) is 36.4 Å². The van der Waals surface area contributed by atoms with Crippen molar-refractivity contribution in [3.8, 4) is 0 Å². The van der Waals surface area contributed by atoms with Crippen molar-refractivity contribution in [2.45, 2.75) is 20.3 Å². The molecule has 1 rings (SSSR count). The first kappa shape index (κ1) is 14.0. The molecule has 18 heavy (non-hydrogen) atoms. The van der Waals surface area contributed by atoms with Gasteiger partial charge in [0.25, 0.3) is 0 Å². The van der Waals surface area contributed by atoms with Gasteiger partial charge in [-0.2, -0.15) is 0 Å². The van der Waals surface area contributed by atoms with Crippen molar-refractivity contribution >= 4 is 17.6 Å². The van der Waals surface area contributed by atoms with E-state index in [4.69, 9.17) is 0 Å². The molecule has 0 saturated heterocycles. The molecule has 96 valence electrons. The fourth-order valence-corrected chi connectivity index (χ4v) is 1.34. The Labute approximate surface area is 107 Å². The highest BCUT2D eigenvalue weighted by atomic mass is 16.5. The lowest BCUT2D eigenvalue weighted by molar-refractivity contribution is -0.137. The third kappa shape index (κ3) is 4.82. The number of anilines is 1. The first-order valence-corrected chi connectivity index (χ1v) is 5.90. The van der Waals surface area contributed by atoms with Crippen molar-refractivity contribution in [3.05, 3.63) is 42.0 Å². The number of ether oxygens (including phenoxy) is 1. The number of nitrogens with one attached hydrogen (secondary N) is 1. The Kier molecular flexibility index (Phi) is 5.64. The molecule has 1 N–H and O–H groups in total. The Bertz CT molecular complexity index is 435. The van der Waals surface area contributed by atoms with Crippen molar-refractivity contribution in [3.63, 3.8) is 0 Å². The SMILES string of the molecule is CCOC(=O)/C=C/C(=O)Nc1ccc(CC)cc1. The van der Waals surface area contributed by atoms with Crippen LogP contribution in [0.25, 0.3) is 0 Å². The maximum Gasteiger partial charge on any atom is 0.330 e. The summed E-state index contributed by atoms with van der Waals surface area (Å²) in [6.45, 7) is 4.07. The van der Waals surface area contributed by atoms with Crippen LogP contribution in [0.5, 0.6) is 0 Å². The second-order valence-corrected chi connectivity index (χ2v) is 3.63. The second-order valence-electron chi connectivity index (χ2n) is 3.63. The van der Waals surface area contributed by atoms with Crippen LogP contribution in [0.2, 0.25) is 0 Å². The predicted octanol–water partition coefficient (Wildman–Crippen LogP) is 2.31. The van der Waals surface area contributed by atoms with Crippen LogP contribution in [0.3, 0.4) is 0 Å². The Morgan fingerprint density at radius 1 is 1.17 bits per heavy atom. The van der Waals surface area contributed by atoms with Crippen molar-refractivity contribution in [2.75, 3.05) is 11.9 Å². The molecular weight excluding hydrogens is 230 g/mol. The zero-order valence-electron chi connectivity index (χ0n) is 10.6. The molecule has 0 aromatic heterocycles. The molecule has 1 aromatic rings. The van der Waals surface area contributed by atoms with Crippen molar-refractivity contribution in [1.29, 1.82) is 0 Å². The number of aryl methyl sites for hydroxylation is 1. The highest BCUT2D eigenvalue weighted by molar-refractivity contribution is 6.02. The number of hydrogen-bond donors (Lipinski definition) is 1. The van der Waals surface area contributed by atoms with Gasteiger partial charge in [0.1, 0.15) is 0 Å². The van der Waals surface area contributed by atoms with Crippen molar-refractivity contribution in [1.82, 2.24) is 0 Å². The van der Waals surface area contributed by atoms with Gasteiger partial charge in [0.15, 0.2) is 0 Å². The summed E-state index contributed by atoms with van der Waals surface area (Å²) < 4.78 is 4.67. The van der Waals surface area contributed by atoms with Gasteiger partial charge in [-0.25, -0.2) is 4.79 Å². The summed E-state index contributed by atoms with van der Waals surface area (Å²) in [5.74, 6) is -0.874.